The second-order valence-corrected chi connectivity index (χ2v) is 5.42. The van der Waals surface area contributed by atoms with Crippen LogP contribution >= 0.6 is 11.3 Å². The summed E-state index contributed by atoms with van der Waals surface area (Å²) in [6.45, 7) is 3.90. The molecule has 0 bridgehead atoms. The molecule has 5 nitrogen and oxygen atoms in total. The van der Waals surface area contributed by atoms with Crippen LogP contribution in [0.5, 0.6) is 0 Å². The van der Waals surface area contributed by atoms with E-state index in [1.165, 1.54) is 11.3 Å². The fourth-order valence-corrected chi connectivity index (χ4v) is 2.55. The molecule has 0 fully saturated rings. The van der Waals surface area contributed by atoms with E-state index in [2.05, 4.69) is 15.4 Å². The average Bonchev–Trinajstić information content (AvgIpc) is 2.93. The lowest BCUT2D eigenvalue weighted by atomic mass is 10.3. The van der Waals surface area contributed by atoms with Gasteiger partial charge in [-0.15, -0.1) is 11.3 Å². The Hall–Kier alpha value is -2.21. The van der Waals surface area contributed by atoms with Gasteiger partial charge in [0.05, 0.1) is 11.2 Å². The highest BCUT2D eigenvalue weighted by molar-refractivity contribution is 7.15. The Morgan fingerprint density at radius 2 is 2.21 bits per heavy atom. The van der Waals surface area contributed by atoms with Crippen molar-refractivity contribution in [1.29, 1.82) is 0 Å². The lowest BCUT2D eigenvalue weighted by Gasteiger charge is -1.96. The number of thiazole rings is 1. The number of aromatic nitrogens is 3. The van der Waals surface area contributed by atoms with E-state index in [1.54, 1.807) is 10.6 Å². The van der Waals surface area contributed by atoms with Gasteiger partial charge in [0.25, 0.3) is 5.91 Å². The highest BCUT2D eigenvalue weighted by atomic mass is 32.1. The number of nitrogens with one attached hydrogen (secondary N) is 1. The van der Waals surface area contributed by atoms with Crippen molar-refractivity contribution in [3.8, 4) is 0 Å². The van der Waals surface area contributed by atoms with E-state index < -0.39 is 0 Å². The highest BCUT2D eigenvalue weighted by Gasteiger charge is 2.13. The number of carbonyl (C=O) groups is 1. The number of pyridine rings is 1. The lowest BCUT2D eigenvalue weighted by molar-refractivity contribution is 0.102. The fourth-order valence-electron chi connectivity index (χ4n) is 1.74. The molecular formula is C13H12N4OS. The van der Waals surface area contributed by atoms with Crippen molar-refractivity contribution in [3.05, 3.63) is 46.7 Å². The van der Waals surface area contributed by atoms with Gasteiger partial charge in [-0.25, -0.2) is 9.50 Å². The van der Waals surface area contributed by atoms with Gasteiger partial charge in [-0.3, -0.25) is 10.1 Å². The molecule has 0 saturated heterocycles. The van der Waals surface area contributed by atoms with E-state index in [4.69, 9.17) is 0 Å². The maximum atomic E-state index is 12.1. The summed E-state index contributed by atoms with van der Waals surface area (Å²) in [5.74, 6) is -0.238. The van der Waals surface area contributed by atoms with E-state index in [-0.39, 0.29) is 5.91 Å². The van der Waals surface area contributed by atoms with Gasteiger partial charge in [0.1, 0.15) is 0 Å². The number of fused-ring (bicyclic) bond motifs is 1. The molecule has 96 valence electrons. The number of anilines is 1. The molecule has 0 aliphatic heterocycles. The van der Waals surface area contributed by atoms with Crippen LogP contribution in [0.3, 0.4) is 0 Å². The van der Waals surface area contributed by atoms with Gasteiger partial charge in [0.2, 0.25) is 0 Å². The molecule has 3 heterocycles. The number of hydrogen-bond donors (Lipinski definition) is 1. The third kappa shape index (κ3) is 2.22. The number of nitrogens with zero attached hydrogens (tertiary/aromatic N) is 3. The van der Waals surface area contributed by atoms with Gasteiger partial charge in [-0.2, -0.15) is 5.10 Å². The Labute approximate surface area is 113 Å². The Morgan fingerprint density at radius 3 is 2.89 bits per heavy atom. The second-order valence-electron chi connectivity index (χ2n) is 4.21. The van der Waals surface area contributed by atoms with Crippen LogP contribution < -0.4 is 5.32 Å². The second kappa shape index (κ2) is 4.47. The summed E-state index contributed by atoms with van der Waals surface area (Å²) in [5, 5.41) is 7.60. The molecule has 0 spiro atoms. The summed E-state index contributed by atoms with van der Waals surface area (Å²) in [5.41, 5.74) is 2.21. The molecule has 19 heavy (non-hydrogen) atoms. The Balaban J connectivity index is 1.87. The van der Waals surface area contributed by atoms with E-state index in [9.17, 15) is 4.79 Å². The van der Waals surface area contributed by atoms with Crippen molar-refractivity contribution in [2.24, 2.45) is 0 Å². The molecule has 6 heteroatoms. The first kappa shape index (κ1) is 11.9. The molecule has 0 saturated carbocycles. The zero-order valence-electron chi connectivity index (χ0n) is 10.5. The molecule has 3 rings (SSSR count). The monoisotopic (exact) mass is 272 g/mol. The predicted molar refractivity (Wildman–Crippen MR) is 74.7 cm³/mol. The number of amides is 1. The zero-order chi connectivity index (χ0) is 13.4. The maximum Gasteiger partial charge on any atom is 0.277 e. The van der Waals surface area contributed by atoms with Crippen molar-refractivity contribution in [2.75, 3.05) is 5.32 Å². The predicted octanol–water partition coefficient (Wildman–Crippen LogP) is 2.66. The van der Waals surface area contributed by atoms with Gasteiger partial charge in [0, 0.05) is 11.1 Å². The summed E-state index contributed by atoms with van der Waals surface area (Å²) < 4.78 is 1.67. The van der Waals surface area contributed by atoms with Crippen LogP contribution in [0.1, 0.15) is 21.1 Å². The molecule has 0 unspecified atom stereocenters. The Morgan fingerprint density at radius 1 is 1.37 bits per heavy atom. The first-order valence-electron chi connectivity index (χ1n) is 5.83. The van der Waals surface area contributed by atoms with Crippen molar-refractivity contribution < 1.29 is 4.79 Å². The SMILES string of the molecule is Cc1nc(NC(=O)c2cc3ccccn3n2)sc1C. The molecule has 0 aromatic carbocycles. The maximum absolute atomic E-state index is 12.1. The first-order chi connectivity index (χ1) is 9.13. The summed E-state index contributed by atoms with van der Waals surface area (Å²) >= 11 is 1.47. The van der Waals surface area contributed by atoms with Crippen molar-refractivity contribution in [1.82, 2.24) is 14.6 Å². The molecule has 1 amide bonds. The Bertz CT molecular complexity index is 706. The summed E-state index contributed by atoms with van der Waals surface area (Å²) in [4.78, 5) is 17.5. The summed E-state index contributed by atoms with van der Waals surface area (Å²) in [6, 6.07) is 7.44. The molecule has 0 aliphatic rings. The summed E-state index contributed by atoms with van der Waals surface area (Å²) in [7, 11) is 0. The normalized spacial score (nSPS) is 10.8. The van der Waals surface area contributed by atoms with Crippen LogP contribution in [-0.2, 0) is 0 Å². The quantitative estimate of drug-likeness (QED) is 0.780. The van der Waals surface area contributed by atoms with E-state index >= 15 is 0 Å². The average molecular weight is 272 g/mol. The van der Waals surface area contributed by atoms with E-state index in [0.29, 0.717) is 10.8 Å². The minimum Gasteiger partial charge on any atom is -0.296 e. The van der Waals surface area contributed by atoms with Crippen molar-refractivity contribution >= 4 is 27.9 Å². The van der Waals surface area contributed by atoms with Gasteiger partial charge >= 0.3 is 0 Å². The van der Waals surface area contributed by atoms with Gasteiger partial charge in [-0.05, 0) is 32.0 Å². The minimum atomic E-state index is -0.238. The number of aryl methyl sites for hydroxylation is 2. The standard InChI is InChI=1S/C13H12N4OS/c1-8-9(2)19-13(14-8)15-12(18)11-7-10-5-3-4-6-17(10)16-11/h3-7H,1-2H3,(H,14,15,18). The molecule has 1 N–H and O–H groups in total. The smallest absolute Gasteiger partial charge is 0.277 e. The number of hydrogen-bond acceptors (Lipinski definition) is 4. The topological polar surface area (TPSA) is 59.3 Å². The van der Waals surface area contributed by atoms with Crippen LogP contribution in [0.25, 0.3) is 5.52 Å². The minimum absolute atomic E-state index is 0.238. The van der Waals surface area contributed by atoms with Gasteiger partial charge in [-0.1, -0.05) is 6.07 Å². The first-order valence-corrected chi connectivity index (χ1v) is 6.65. The molecule has 0 radical (unpaired) electrons. The van der Waals surface area contributed by atoms with Crippen LogP contribution in [0.4, 0.5) is 5.13 Å². The molecular weight excluding hydrogens is 260 g/mol. The van der Waals surface area contributed by atoms with Gasteiger partial charge in [0.15, 0.2) is 10.8 Å². The molecule has 3 aromatic rings. The van der Waals surface area contributed by atoms with Crippen LogP contribution in [0.15, 0.2) is 30.5 Å². The van der Waals surface area contributed by atoms with Crippen molar-refractivity contribution in [2.45, 2.75) is 13.8 Å². The fraction of sp³-hybridized carbons (Fsp3) is 0.154. The molecule has 3 aromatic heterocycles. The number of rotatable bonds is 2. The molecule has 0 aliphatic carbocycles. The van der Waals surface area contributed by atoms with Gasteiger partial charge < -0.3 is 0 Å². The third-order valence-electron chi connectivity index (χ3n) is 2.85. The largest absolute Gasteiger partial charge is 0.296 e. The Kier molecular flexibility index (Phi) is 2.79. The van der Waals surface area contributed by atoms with Crippen LogP contribution in [0.2, 0.25) is 0 Å². The van der Waals surface area contributed by atoms with E-state index in [1.807, 2.05) is 38.2 Å². The lowest BCUT2D eigenvalue weighted by Crippen LogP contribution is -2.12. The third-order valence-corrected chi connectivity index (χ3v) is 3.84. The highest BCUT2D eigenvalue weighted by Crippen LogP contribution is 2.21. The van der Waals surface area contributed by atoms with E-state index in [0.717, 1.165) is 16.1 Å². The number of carbonyl (C=O) groups excluding carboxylic acids is 1. The van der Waals surface area contributed by atoms with Crippen molar-refractivity contribution in [3.63, 3.8) is 0 Å². The molecule has 0 atom stereocenters. The summed E-state index contributed by atoms with van der Waals surface area (Å²) in [6.07, 6.45) is 1.81. The zero-order valence-corrected chi connectivity index (χ0v) is 11.4. The van der Waals surface area contributed by atoms with Crippen LogP contribution in [-0.4, -0.2) is 20.5 Å². The van der Waals surface area contributed by atoms with Crippen LogP contribution in [0, 0.1) is 13.8 Å².